The normalized spacial score (nSPS) is 21.8. The van der Waals surface area contributed by atoms with E-state index >= 15 is 0 Å². The summed E-state index contributed by atoms with van der Waals surface area (Å²) >= 11 is 0. The standard InChI is InChI=1S/C17H21F3N4O2/c1-9-7-8-10(14(25)21-9)13-23-15(26-24-13)16(2,3)11-5-4-6-12(22-11)17(18,19)20/h7-8,11-12,22H,4-6H2,1-3H3,(H,21,25)/t11-,12+/m0/s1. The van der Waals surface area contributed by atoms with E-state index in [0.717, 1.165) is 0 Å². The molecule has 1 aliphatic heterocycles. The number of aryl methyl sites for hydroxylation is 1. The van der Waals surface area contributed by atoms with Crippen LogP contribution < -0.4 is 10.9 Å². The topological polar surface area (TPSA) is 83.8 Å². The third-order valence-corrected chi connectivity index (χ3v) is 4.93. The number of nitrogens with zero attached hydrogens (tertiary/aromatic N) is 2. The minimum atomic E-state index is -4.29. The molecule has 2 N–H and O–H groups in total. The first-order chi connectivity index (χ1) is 12.1. The van der Waals surface area contributed by atoms with Gasteiger partial charge in [0.15, 0.2) is 0 Å². The number of hydrogen-bond donors (Lipinski definition) is 2. The SMILES string of the molecule is Cc1ccc(-c2noc(C(C)(C)[C@@H]3CCC[C@H](C(F)(F)F)N3)n2)c(=O)[nH]1. The number of hydrogen-bond acceptors (Lipinski definition) is 5. The summed E-state index contributed by atoms with van der Waals surface area (Å²) in [5.74, 6) is 0.324. The van der Waals surface area contributed by atoms with Crippen LogP contribution in [-0.4, -0.2) is 33.4 Å². The molecule has 2 aromatic heterocycles. The summed E-state index contributed by atoms with van der Waals surface area (Å²) in [4.78, 5) is 19.0. The minimum Gasteiger partial charge on any atom is -0.338 e. The van der Waals surface area contributed by atoms with Gasteiger partial charge in [-0.3, -0.25) is 4.79 Å². The number of nitrogens with one attached hydrogen (secondary N) is 2. The second kappa shape index (κ2) is 6.53. The average Bonchev–Trinajstić information content (AvgIpc) is 3.04. The Bertz CT molecular complexity index is 841. The van der Waals surface area contributed by atoms with E-state index in [4.69, 9.17) is 4.52 Å². The Hall–Kier alpha value is -2.16. The van der Waals surface area contributed by atoms with Gasteiger partial charge in [-0.05, 0) is 52.2 Å². The van der Waals surface area contributed by atoms with Crippen molar-refractivity contribution >= 4 is 0 Å². The number of halogens is 3. The van der Waals surface area contributed by atoms with Crippen molar-refractivity contribution in [2.24, 2.45) is 0 Å². The molecule has 1 fully saturated rings. The second-order valence-electron chi connectivity index (χ2n) is 7.27. The van der Waals surface area contributed by atoms with Crippen molar-refractivity contribution in [1.29, 1.82) is 0 Å². The third-order valence-electron chi connectivity index (χ3n) is 4.93. The fraction of sp³-hybridized carbons (Fsp3) is 0.588. The van der Waals surface area contributed by atoms with Crippen molar-refractivity contribution in [3.8, 4) is 11.4 Å². The van der Waals surface area contributed by atoms with Gasteiger partial charge in [0.2, 0.25) is 11.7 Å². The summed E-state index contributed by atoms with van der Waals surface area (Å²) in [7, 11) is 0. The zero-order valence-electron chi connectivity index (χ0n) is 14.8. The minimum absolute atomic E-state index is 0.0594. The monoisotopic (exact) mass is 370 g/mol. The molecular weight excluding hydrogens is 349 g/mol. The molecule has 0 spiro atoms. The molecule has 0 saturated carbocycles. The van der Waals surface area contributed by atoms with Crippen LogP contribution in [0, 0.1) is 6.92 Å². The Balaban J connectivity index is 1.86. The van der Waals surface area contributed by atoms with Gasteiger partial charge in [0.05, 0.1) is 11.0 Å². The predicted molar refractivity (Wildman–Crippen MR) is 88.7 cm³/mol. The van der Waals surface area contributed by atoms with Crippen LogP contribution in [0.4, 0.5) is 13.2 Å². The molecule has 0 radical (unpaired) electrons. The highest BCUT2D eigenvalue weighted by Gasteiger charge is 2.47. The van der Waals surface area contributed by atoms with Gasteiger partial charge in [0.1, 0.15) is 6.04 Å². The summed E-state index contributed by atoms with van der Waals surface area (Å²) in [6, 6.07) is 1.30. The number of pyridine rings is 1. The summed E-state index contributed by atoms with van der Waals surface area (Å²) in [5.41, 5.74) is -0.200. The van der Waals surface area contributed by atoms with E-state index in [0.29, 0.717) is 18.5 Å². The predicted octanol–water partition coefficient (Wildman–Crippen LogP) is 3.08. The summed E-state index contributed by atoms with van der Waals surface area (Å²) in [5, 5.41) is 6.53. The van der Waals surface area contributed by atoms with E-state index in [-0.39, 0.29) is 29.3 Å². The molecule has 0 unspecified atom stereocenters. The van der Waals surface area contributed by atoms with Crippen LogP contribution in [0.5, 0.6) is 0 Å². The molecule has 6 nitrogen and oxygen atoms in total. The molecule has 0 amide bonds. The maximum Gasteiger partial charge on any atom is 0.403 e. The molecule has 9 heteroatoms. The number of aromatic nitrogens is 3. The second-order valence-corrected chi connectivity index (χ2v) is 7.27. The average molecular weight is 370 g/mol. The highest BCUT2D eigenvalue weighted by atomic mass is 19.4. The Morgan fingerprint density at radius 1 is 1.19 bits per heavy atom. The lowest BCUT2D eigenvalue weighted by molar-refractivity contribution is -0.164. The van der Waals surface area contributed by atoms with Crippen LogP contribution in [0.3, 0.4) is 0 Å². The maximum absolute atomic E-state index is 13.1. The lowest BCUT2D eigenvalue weighted by atomic mass is 9.78. The van der Waals surface area contributed by atoms with Crippen molar-refractivity contribution in [1.82, 2.24) is 20.4 Å². The van der Waals surface area contributed by atoms with Crippen LogP contribution in [-0.2, 0) is 5.41 Å². The Morgan fingerprint density at radius 2 is 1.88 bits per heavy atom. The molecule has 0 aromatic carbocycles. The van der Waals surface area contributed by atoms with Crippen molar-refractivity contribution in [2.45, 2.75) is 63.7 Å². The van der Waals surface area contributed by atoms with Gasteiger partial charge in [0, 0.05) is 11.7 Å². The molecule has 1 saturated heterocycles. The van der Waals surface area contributed by atoms with Crippen molar-refractivity contribution < 1.29 is 17.7 Å². The summed E-state index contributed by atoms with van der Waals surface area (Å²) in [6.45, 7) is 5.28. The lowest BCUT2D eigenvalue weighted by Gasteiger charge is -2.39. The van der Waals surface area contributed by atoms with Crippen LogP contribution in [0.1, 0.15) is 44.7 Å². The molecule has 1 aliphatic rings. The van der Waals surface area contributed by atoms with Gasteiger partial charge in [-0.1, -0.05) is 5.16 Å². The van der Waals surface area contributed by atoms with E-state index in [1.165, 1.54) is 0 Å². The van der Waals surface area contributed by atoms with Crippen LogP contribution in [0.2, 0.25) is 0 Å². The molecular formula is C17H21F3N4O2. The highest BCUT2D eigenvalue weighted by Crippen LogP contribution is 2.35. The van der Waals surface area contributed by atoms with E-state index in [9.17, 15) is 18.0 Å². The Labute approximate surface area is 148 Å². The van der Waals surface area contributed by atoms with Crippen LogP contribution in [0.25, 0.3) is 11.4 Å². The highest BCUT2D eigenvalue weighted by molar-refractivity contribution is 5.52. The Morgan fingerprint density at radius 3 is 2.54 bits per heavy atom. The molecule has 3 heterocycles. The maximum atomic E-state index is 13.1. The van der Waals surface area contributed by atoms with E-state index in [1.807, 2.05) is 0 Å². The fourth-order valence-electron chi connectivity index (χ4n) is 3.25. The van der Waals surface area contributed by atoms with Gasteiger partial charge in [-0.2, -0.15) is 18.2 Å². The lowest BCUT2D eigenvalue weighted by Crippen LogP contribution is -2.56. The molecule has 2 aromatic rings. The fourth-order valence-corrected chi connectivity index (χ4v) is 3.25. The number of piperidine rings is 1. The molecule has 0 aliphatic carbocycles. The first-order valence-electron chi connectivity index (χ1n) is 8.46. The summed E-state index contributed by atoms with van der Waals surface area (Å²) in [6.07, 6.45) is -3.19. The Kier molecular flexibility index (Phi) is 4.68. The third kappa shape index (κ3) is 3.53. The van der Waals surface area contributed by atoms with Gasteiger partial charge in [-0.25, -0.2) is 0 Å². The molecule has 142 valence electrons. The van der Waals surface area contributed by atoms with Crippen molar-refractivity contribution in [2.75, 3.05) is 0 Å². The number of rotatable bonds is 3. The zero-order chi connectivity index (χ0) is 19.1. The molecule has 3 rings (SSSR count). The van der Waals surface area contributed by atoms with Gasteiger partial charge >= 0.3 is 6.18 Å². The molecule has 2 atom stereocenters. The van der Waals surface area contributed by atoms with E-state index in [1.54, 1.807) is 32.9 Å². The number of alkyl halides is 3. The first kappa shape index (κ1) is 18.6. The molecule has 26 heavy (non-hydrogen) atoms. The summed E-state index contributed by atoms with van der Waals surface area (Å²) < 4.78 is 44.5. The van der Waals surface area contributed by atoms with Gasteiger partial charge in [-0.15, -0.1) is 0 Å². The zero-order valence-corrected chi connectivity index (χ0v) is 14.8. The van der Waals surface area contributed by atoms with Gasteiger partial charge < -0.3 is 14.8 Å². The van der Waals surface area contributed by atoms with Crippen molar-refractivity contribution in [3.05, 3.63) is 34.1 Å². The number of H-pyrrole nitrogens is 1. The van der Waals surface area contributed by atoms with E-state index < -0.39 is 23.7 Å². The van der Waals surface area contributed by atoms with Crippen LogP contribution in [0.15, 0.2) is 21.5 Å². The van der Waals surface area contributed by atoms with Gasteiger partial charge in [0.25, 0.3) is 5.56 Å². The van der Waals surface area contributed by atoms with E-state index in [2.05, 4.69) is 20.4 Å². The van der Waals surface area contributed by atoms with Crippen LogP contribution >= 0.6 is 0 Å². The molecule has 0 bridgehead atoms. The van der Waals surface area contributed by atoms with Crippen molar-refractivity contribution in [3.63, 3.8) is 0 Å². The quantitative estimate of drug-likeness (QED) is 0.867. The first-order valence-corrected chi connectivity index (χ1v) is 8.46. The largest absolute Gasteiger partial charge is 0.403 e. The smallest absolute Gasteiger partial charge is 0.338 e. The number of aromatic amines is 1.